The van der Waals surface area contributed by atoms with Gasteiger partial charge in [0.1, 0.15) is 5.54 Å². The number of sulfone groups is 1. The minimum absolute atomic E-state index is 0.0623. The Bertz CT molecular complexity index is 940. The molecule has 0 bridgehead atoms. The Morgan fingerprint density at radius 2 is 1.62 bits per heavy atom. The molecule has 29 heavy (non-hydrogen) atoms. The van der Waals surface area contributed by atoms with Crippen LogP contribution in [0, 0.1) is 23.2 Å². The monoisotopic (exact) mass is 417 g/mol. The third-order valence-corrected chi connectivity index (χ3v) is 7.72. The lowest BCUT2D eigenvalue weighted by atomic mass is 9.92. The molecule has 3 rings (SSSR count). The molecule has 2 amide bonds. The quantitative estimate of drug-likeness (QED) is 0.759. The first-order chi connectivity index (χ1) is 13.5. The Hall–Kier alpha value is -2.40. The van der Waals surface area contributed by atoms with Crippen LogP contribution in [0.15, 0.2) is 35.2 Å². The highest BCUT2D eigenvalue weighted by Crippen LogP contribution is 2.41. The fourth-order valence-electron chi connectivity index (χ4n) is 3.81. The van der Waals surface area contributed by atoms with Crippen molar-refractivity contribution in [2.45, 2.75) is 67.7 Å². The van der Waals surface area contributed by atoms with Crippen LogP contribution in [-0.4, -0.2) is 36.6 Å². The summed E-state index contributed by atoms with van der Waals surface area (Å²) in [6, 6.07) is 10.2. The number of hydrogen-bond acceptors (Lipinski definition) is 5. The molecule has 0 aromatic heterocycles. The first-order valence-electron chi connectivity index (χ1n) is 9.82. The van der Waals surface area contributed by atoms with Crippen LogP contribution in [0.1, 0.15) is 46.5 Å². The number of carbonyl (C=O) groups excluding carboxylic acids is 2. The number of hydrogen-bond donors (Lipinski definition) is 2. The van der Waals surface area contributed by atoms with Crippen molar-refractivity contribution in [2.75, 3.05) is 0 Å². The molecule has 0 unspecified atom stereocenters. The zero-order valence-corrected chi connectivity index (χ0v) is 17.8. The second-order valence-corrected chi connectivity index (χ2v) is 11.3. The summed E-state index contributed by atoms with van der Waals surface area (Å²) in [5.74, 6) is -2.28. The van der Waals surface area contributed by atoms with Gasteiger partial charge in [0.2, 0.25) is 11.8 Å². The molecule has 2 aliphatic rings. The predicted octanol–water partition coefficient (Wildman–Crippen LogP) is 1.94. The Morgan fingerprint density at radius 3 is 2.10 bits per heavy atom. The van der Waals surface area contributed by atoms with Crippen molar-refractivity contribution >= 4 is 21.7 Å². The summed E-state index contributed by atoms with van der Waals surface area (Å²) < 4.78 is 26.2. The van der Waals surface area contributed by atoms with Crippen molar-refractivity contribution in [3.8, 4) is 6.07 Å². The van der Waals surface area contributed by atoms with Gasteiger partial charge in [-0.05, 0) is 58.6 Å². The molecule has 0 saturated heterocycles. The molecule has 8 heteroatoms. The molecule has 1 aromatic rings. The molecule has 2 aliphatic carbocycles. The summed E-state index contributed by atoms with van der Waals surface area (Å²) >= 11 is 0. The molecule has 2 N–H and O–H groups in total. The summed E-state index contributed by atoms with van der Waals surface area (Å²) in [5.41, 5.74) is -1.36. The van der Waals surface area contributed by atoms with Crippen LogP contribution >= 0.6 is 0 Å². The van der Waals surface area contributed by atoms with E-state index < -0.39 is 43.9 Å². The summed E-state index contributed by atoms with van der Waals surface area (Å²) in [5, 5.41) is 14.1. The standard InChI is InChI=1S/C21H27N3O4S/c1-20(2,3)23-18(25)16-11-15(29(27,28)14-7-5-4-6-8-14)12-17(16)19(26)24-21(13-22)9-10-21/h4-8,15-17H,9-12H2,1-3H3,(H,23,25)(H,24,26)/t15-,16+,17+/m0/s1. The van der Waals surface area contributed by atoms with Crippen molar-refractivity contribution < 1.29 is 18.0 Å². The topological polar surface area (TPSA) is 116 Å². The average Bonchev–Trinajstić information content (AvgIpc) is 3.26. The Morgan fingerprint density at radius 1 is 1.07 bits per heavy atom. The van der Waals surface area contributed by atoms with Gasteiger partial charge < -0.3 is 10.6 Å². The van der Waals surface area contributed by atoms with E-state index in [2.05, 4.69) is 16.7 Å². The molecular weight excluding hydrogens is 390 g/mol. The number of carbonyl (C=O) groups is 2. The van der Waals surface area contributed by atoms with Gasteiger partial charge in [-0.3, -0.25) is 9.59 Å². The van der Waals surface area contributed by atoms with Crippen LogP contribution < -0.4 is 10.6 Å². The Labute approximate surface area is 171 Å². The van der Waals surface area contributed by atoms with E-state index in [1.807, 2.05) is 20.8 Å². The average molecular weight is 418 g/mol. The lowest BCUT2D eigenvalue weighted by Crippen LogP contribution is -2.48. The molecule has 0 aliphatic heterocycles. The molecule has 0 radical (unpaired) electrons. The van der Waals surface area contributed by atoms with E-state index in [1.54, 1.807) is 18.2 Å². The fourth-order valence-corrected chi connectivity index (χ4v) is 5.65. The van der Waals surface area contributed by atoms with E-state index in [-0.39, 0.29) is 23.6 Å². The van der Waals surface area contributed by atoms with Gasteiger partial charge in [-0.15, -0.1) is 0 Å². The summed E-state index contributed by atoms with van der Waals surface area (Å²) in [6.45, 7) is 5.51. The summed E-state index contributed by atoms with van der Waals surface area (Å²) in [6.07, 6.45) is 1.29. The number of nitrogens with zero attached hydrogens (tertiary/aromatic N) is 1. The first-order valence-corrected chi connectivity index (χ1v) is 11.4. The smallest absolute Gasteiger partial charge is 0.225 e. The molecule has 1 aromatic carbocycles. The van der Waals surface area contributed by atoms with E-state index in [1.165, 1.54) is 12.1 Å². The van der Waals surface area contributed by atoms with Crippen molar-refractivity contribution in [3.63, 3.8) is 0 Å². The van der Waals surface area contributed by atoms with Gasteiger partial charge >= 0.3 is 0 Å². The van der Waals surface area contributed by atoms with Crippen LogP contribution in [0.5, 0.6) is 0 Å². The summed E-state index contributed by atoms with van der Waals surface area (Å²) in [4.78, 5) is 26.0. The van der Waals surface area contributed by atoms with E-state index in [9.17, 15) is 23.3 Å². The highest BCUT2D eigenvalue weighted by molar-refractivity contribution is 7.92. The van der Waals surface area contributed by atoms with Crippen LogP contribution in [0.4, 0.5) is 0 Å². The Balaban J connectivity index is 1.86. The van der Waals surface area contributed by atoms with E-state index >= 15 is 0 Å². The van der Waals surface area contributed by atoms with Gasteiger partial charge in [0.05, 0.1) is 28.1 Å². The summed E-state index contributed by atoms with van der Waals surface area (Å²) in [7, 11) is -3.67. The zero-order valence-electron chi connectivity index (χ0n) is 16.9. The molecule has 2 saturated carbocycles. The molecule has 2 fully saturated rings. The lowest BCUT2D eigenvalue weighted by Gasteiger charge is -2.26. The van der Waals surface area contributed by atoms with Gasteiger partial charge in [-0.25, -0.2) is 8.42 Å². The zero-order chi connectivity index (χ0) is 21.4. The molecule has 0 heterocycles. The SMILES string of the molecule is CC(C)(C)NC(=O)[C@@H]1C[C@H](S(=O)(=O)c2ccccc2)C[C@H]1C(=O)NC1(C#N)CC1. The fraction of sp³-hybridized carbons (Fsp3) is 0.571. The minimum Gasteiger partial charge on any atom is -0.351 e. The van der Waals surface area contributed by atoms with E-state index in [0.717, 1.165) is 0 Å². The number of rotatable bonds is 5. The third-order valence-electron chi connectivity index (χ3n) is 5.53. The number of nitrogens with one attached hydrogen (secondary N) is 2. The van der Waals surface area contributed by atoms with Crippen LogP contribution in [0.3, 0.4) is 0 Å². The van der Waals surface area contributed by atoms with E-state index in [0.29, 0.717) is 12.8 Å². The minimum atomic E-state index is -3.67. The van der Waals surface area contributed by atoms with Crippen LogP contribution in [-0.2, 0) is 19.4 Å². The molecular formula is C21H27N3O4S. The number of amides is 2. The highest BCUT2D eigenvalue weighted by atomic mass is 32.2. The third kappa shape index (κ3) is 4.61. The van der Waals surface area contributed by atoms with Crippen molar-refractivity contribution in [1.82, 2.24) is 10.6 Å². The van der Waals surface area contributed by atoms with Crippen molar-refractivity contribution in [1.29, 1.82) is 5.26 Å². The largest absolute Gasteiger partial charge is 0.351 e. The van der Waals surface area contributed by atoms with E-state index in [4.69, 9.17) is 0 Å². The van der Waals surface area contributed by atoms with Gasteiger partial charge in [0.15, 0.2) is 9.84 Å². The molecule has 3 atom stereocenters. The van der Waals surface area contributed by atoms with Crippen LogP contribution in [0.25, 0.3) is 0 Å². The highest BCUT2D eigenvalue weighted by Gasteiger charge is 2.51. The van der Waals surface area contributed by atoms with Gasteiger partial charge in [0.25, 0.3) is 0 Å². The van der Waals surface area contributed by atoms with Crippen molar-refractivity contribution in [2.24, 2.45) is 11.8 Å². The number of nitriles is 1. The maximum atomic E-state index is 13.1. The lowest BCUT2D eigenvalue weighted by molar-refractivity contribution is -0.134. The van der Waals surface area contributed by atoms with Crippen LogP contribution in [0.2, 0.25) is 0 Å². The van der Waals surface area contributed by atoms with Crippen molar-refractivity contribution in [3.05, 3.63) is 30.3 Å². The predicted molar refractivity (Wildman–Crippen MR) is 107 cm³/mol. The van der Waals surface area contributed by atoms with Gasteiger partial charge in [0, 0.05) is 5.54 Å². The maximum absolute atomic E-state index is 13.1. The van der Waals surface area contributed by atoms with Gasteiger partial charge in [-0.2, -0.15) is 5.26 Å². The molecule has 156 valence electrons. The second-order valence-electron chi connectivity index (χ2n) is 9.09. The molecule has 7 nitrogen and oxygen atoms in total. The second kappa shape index (κ2) is 7.45. The number of benzene rings is 1. The maximum Gasteiger partial charge on any atom is 0.225 e. The van der Waals surface area contributed by atoms with Gasteiger partial charge in [-0.1, -0.05) is 18.2 Å². The normalized spacial score (nSPS) is 25.7. The first kappa shape index (κ1) is 21.3. The molecule has 0 spiro atoms. The Kier molecular flexibility index (Phi) is 5.48.